The molecule has 2 fully saturated rings. The summed E-state index contributed by atoms with van der Waals surface area (Å²) in [5.41, 5.74) is 1.94. The summed E-state index contributed by atoms with van der Waals surface area (Å²) < 4.78 is 81.0. The van der Waals surface area contributed by atoms with Gasteiger partial charge >= 0.3 is 6.18 Å². The first kappa shape index (κ1) is 35.0. The van der Waals surface area contributed by atoms with Gasteiger partial charge in [-0.3, -0.25) is 9.59 Å². The number of ketones is 1. The summed E-state index contributed by atoms with van der Waals surface area (Å²) in [7, 11) is -4.07. The number of carbonyl (C=O) groups excluding carboxylic acids is 2. The van der Waals surface area contributed by atoms with Crippen LogP contribution in [0.5, 0.6) is 0 Å². The van der Waals surface area contributed by atoms with Crippen molar-refractivity contribution in [2.75, 3.05) is 42.5 Å². The van der Waals surface area contributed by atoms with Crippen molar-refractivity contribution >= 4 is 33.3 Å². The molecule has 262 valence electrons. The Bertz CT molecular complexity index is 1970. The van der Waals surface area contributed by atoms with Gasteiger partial charge in [-0.2, -0.15) is 17.5 Å². The number of hydrogen-bond donors (Lipinski definition) is 1. The van der Waals surface area contributed by atoms with Crippen LogP contribution in [-0.4, -0.2) is 73.1 Å². The van der Waals surface area contributed by atoms with E-state index in [0.29, 0.717) is 67.5 Å². The summed E-state index contributed by atoms with van der Waals surface area (Å²) in [6, 6.07) is 17.0. The van der Waals surface area contributed by atoms with Crippen molar-refractivity contribution in [1.29, 1.82) is 0 Å². The lowest BCUT2D eigenvalue weighted by Gasteiger charge is -2.36. The molecule has 1 aromatic heterocycles. The predicted octanol–water partition coefficient (Wildman–Crippen LogP) is 5.30. The highest BCUT2D eigenvalue weighted by molar-refractivity contribution is 7.89. The molecule has 2 aliphatic rings. The average molecular weight is 711 g/mol. The number of hydrogen-bond acceptors (Lipinski definition) is 8. The number of piperazine rings is 1. The predicted molar refractivity (Wildman–Crippen MR) is 179 cm³/mol. The molecule has 0 radical (unpaired) electrons. The maximum Gasteiger partial charge on any atom is 0.416 e. The van der Waals surface area contributed by atoms with Crippen molar-refractivity contribution in [2.24, 2.45) is 0 Å². The van der Waals surface area contributed by atoms with Gasteiger partial charge in [0.25, 0.3) is 0 Å². The molecule has 2 aliphatic heterocycles. The molecule has 0 aliphatic carbocycles. The molecule has 0 saturated carbocycles. The first-order valence-corrected chi connectivity index (χ1v) is 17.5. The largest absolute Gasteiger partial charge is 0.416 e. The minimum absolute atomic E-state index is 0.0194. The molecular weight excluding hydrogens is 676 g/mol. The standard InChI is InChI=1S/C35H34F4N6O4S/c1-23(46)24-6-12-29(13-7-24)43-17-19-44(20-18-43)34-41-28(21-31(42-34)25-4-8-26(9-5-25)35(37,38)39)22-40-33(47)32-3-2-16-45(32)50(48,49)30-14-10-27(36)11-15-30/h4-15,21,32H,2-3,16-20,22H2,1H3,(H,40,47)/t32-/m0/s1. The van der Waals surface area contributed by atoms with Crippen LogP contribution < -0.4 is 15.1 Å². The molecule has 15 heteroatoms. The third-order valence-corrected chi connectivity index (χ3v) is 10.8. The molecule has 0 bridgehead atoms. The zero-order chi connectivity index (χ0) is 35.6. The topological polar surface area (TPSA) is 116 Å². The Morgan fingerprint density at radius 3 is 2.12 bits per heavy atom. The van der Waals surface area contributed by atoms with Crippen molar-refractivity contribution in [1.82, 2.24) is 19.6 Å². The Balaban J connectivity index is 1.21. The number of alkyl halides is 3. The highest BCUT2D eigenvalue weighted by atomic mass is 32.2. The average Bonchev–Trinajstić information content (AvgIpc) is 3.62. The monoisotopic (exact) mass is 710 g/mol. The second kappa shape index (κ2) is 14.2. The number of benzene rings is 3. The molecule has 2 saturated heterocycles. The Hall–Kier alpha value is -4.89. The van der Waals surface area contributed by atoms with Gasteiger partial charge in [0, 0.05) is 49.5 Å². The van der Waals surface area contributed by atoms with E-state index in [-0.39, 0.29) is 23.8 Å². The van der Waals surface area contributed by atoms with Crippen LogP contribution in [0.2, 0.25) is 0 Å². The second-order valence-corrected chi connectivity index (χ2v) is 14.0. The number of sulfonamides is 1. The number of carbonyl (C=O) groups is 2. The number of anilines is 2. The molecular formula is C35H34F4N6O4S. The van der Waals surface area contributed by atoms with Gasteiger partial charge in [0.15, 0.2) is 5.78 Å². The van der Waals surface area contributed by atoms with Crippen LogP contribution >= 0.6 is 0 Å². The summed E-state index contributed by atoms with van der Waals surface area (Å²) >= 11 is 0. The van der Waals surface area contributed by atoms with Crippen molar-refractivity contribution in [3.63, 3.8) is 0 Å². The van der Waals surface area contributed by atoms with Gasteiger partial charge in [0.2, 0.25) is 21.9 Å². The van der Waals surface area contributed by atoms with Crippen LogP contribution in [0.3, 0.4) is 0 Å². The van der Waals surface area contributed by atoms with E-state index in [1.807, 2.05) is 17.0 Å². The summed E-state index contributed by atoms with van der Waals surface area (Å²) in [5.74, 6) is -0.802. The van der Waals surface area contributed by atoms with E-state index < -0.39 is 39.5 Å². The number of amides is 1. The molecule has 0 spiro atoms. The summed E-state index contributed by atoms with van der Waals surface area (Å²) in [6.45, 7) is 3.81. The van der Waals surface area contributed by atoms with E-state index in [2.05, 4.69) is 20.2 Å². The maximum absolute atomic E-state index is 13.4. The van der Waals surface area contributed by atoms with Gasteiger partial charge in [-0.15, -0.1) is 0 Å². The number of rotatable bonds is 9. The smallest absolute Gasteiger partial charge is 0.368 e. The summed E-state index contributed by atoms with van der Waals surface area (Å²) in [4.78, 5) is 38.4. The molecule has 50 heavy (non-hydrogen) atoms. The van der Waals surface area contributed by atoms with Gasteiger partial charge in [-0.05, 0) is 86.5 Å². The Morgan fingerprint density at radius 1 is 0.860 bits per heavy atom. The Labute approximate surface area is 286 Å². The van der Waals surface area contributed by atoms with Crippen LogP contribution in [-0.2, 0) is 27.5 Å². The SMILES string of the molecule is CC(=O)c1ccc(N2CCN(c3nc(CNC(=O)[C@@H]4CCCN4S(=O)(=O)c4ccc(F)cc4)cc(-c4ccc(C(F)(F)F)cc4)n3)CC2)cc1. The van der Waals surface area contributed by atoms with E-state index in [9.17, 15) is 35.6 Å². The molecule has 1 amide bonds. The number of nitrogens with zero attached hydrogens (tertiary/aromatic N) is 5. The lowest BCUT2D eigenvalue weighted by molar-refractivity contribution is -0.137. The van der Waals surface area contributed by atoms with E-state index in [4.69, 9.17) is 0 Å². The maximum atomic E-state index is 13.4. The fourth-order valence-electron chi connectivity index (χ4n) is 6.09. The molecule has 1 atom stereocenters. The first-order valence-electron chi connectivity index (χ1n) is 16.0. The molecule has 3 heterocycles. The zero-order valence-corrected chi connectivity index (χ0v) is 27.8. The van der Waals surface area contributed by atoms with E-state index in [0.717, 1.165) is 46.4 Å². The normalized spacial score (nSPS) is 17.2. The van der Waals surface area contributed by atoms with Gasteiger partial charge in [-0.25, -0.2) is 22.8 Å². The Morgan fingerprint density at radius 2 is 1.50 bits per heavy atom. The van der Waals surface area contributed by atoms with Gasteiger partial charge in [0.05, 0.1) is 28.4 Å². The quantitative estimate of drug-likeness (QED) is 0.184. The van der Waals surface area contributed by atoms with Gasteiger partial charge in [0.1, 0.15) is 11.9 Å². The highest BCUT2D eigenvalue weighted by Crippen LogP contribution is 2.32. The fraction of sp³-hybridized carbons (Fsp3) is 0.314. The summed E-state index contributed by atoms with van der Waals surface area (Å²) in [5, 5.41) is 2.79. The fourth-order valence-corrected chi connectivity index (χ4v) is 7.75. The highest BCUT2D eigenvalue weighted by Gasteiger charge is 2.39. The van der Waals surface area contributed by atoms with Crippen LogP contribution in [0.15, 0.2) is 83.8 Å². The molecule has 3 aromatic carbocycles. The van der Waals surface area contributed by atoms with Crippen LogP contribution in [0, 0.1) is 5.82 Å². The van der Waals surface area contributed by atoms with E-state index >= 15 is 0 Å². The van der Waals surface area contributed by atoms with Crippen molar-refractivity contribution < 1.29 is 35.6 Å². The summed E-state index contributed by atoms with van der Waals surface area (Å²) in [6.07, 6.45) is -3.75. The van der Waals surface area contributed by atoms with E-state index in [1.54, 1.807) is 18.2 Å². The second-order valence-electron chi connectivity index (χ2n) is 12.1. The van der Waals surface area contributed by atoms with Gasteiger partial charge in [-0.1, -0.05) is 12.1 Å². The van der Waals surface area contributed by atoms with Crippen LogP contribution in [0.1, 0.15) is 41.4 Å². The number of aromatic nitrogens is 2. The molecule has 1 N–H and O–H groups in total. The molecule has 0 unspecified atom stereocenters. The lowest BCUT2D eigenvalue weighted by atomic mass is 10.1. The first-order chi connectivity index (χ1) is 23.8. The third-order valence-electron chi connectivity index (χ3n) is 8.85. The van der Waals surface area contributed by atoms with Crippen molar-refractivity contribution in [3.05, 3.63) is 102 Å². The number of Topliss-reactive ketones (excluding diaryl/α,β-unsaturated/α-hetero) is 1. The van der Waals surface area contributed by atoms with Crippen molar-refractivity contribution in [3.8, 4) is 11.3 Å². The van der Waals surface area contributed by atoms with Gasteiger partial charge < -0.3 is 15.1 Å². The number of halogens is 4. The molecule has 4 aromatic rings. The van der Waals surface area contributed by atoms with E-state index in [1.165, 1.54) is 19.1 Å². The third kappa shape index (κ3) is 7.63. The lowest BCUT2D eigenvalue weighted by Crippen LogP contribution is -2.47. The minimum Gasteiger partial charge on any atom is -0.368 e. The van der Waals surface area contributed by atoms with Crippen LogP contribution in [0.25, 0.3) is 11.3 Å². The van der Waals surface area contributed by atoms with Crippen LogP contribution in [0.4, 0.5) is 29.2 Å². The molecule has 10 nitrogen and oxygen atoms in total. The van der Waals surface area contributed by atoms with Crippen molar-refractivity contribution in [2.45, 2.75) is 43.4 Å². The minimum atomic E-state index is -4.50. The Kier molecular flexibility index (Phi) is 9.89. The molecule has 6 rings (SSSR count). The zero-order valence-electron chi connectivity index (χ0n) is 27.0. The number of nitrogens with one attached hydrogen (secondary N) is 1.